The van der Waals surface area contributed by atoms with E-state index in [9.17, 15) is 18.0 Å². The van der Waals surface area contributed by atoms with Crippen LogP contribution in [0, 0.1) is 0 Å². The Morgan fingerprint density at radius 2 is 1.52 bits per heavy atom. The van der Waals surface area contributed by atoms with Crippen molar-refractivity contribution in [3.05, 3.63) is 65.7 Å². The molecule has 122 valence electrons. The van der Waals surface area contributed by atoms with E-state index in [1.807, 2.05) is 30.3 Å². The van der Waals surface area contributed by atoms with Gasteiger partial charge in [0.15, 0.2) is 0 Å². The van der Waals surface area contributed by atoms with Crippen LogP contribution >= 0.6 is 0 Å². The lowest BCUT2D eigenvalue weighted by Gasteiger charge is -2.14. The number of para-hydroxylation sites is 1. The largest absolute Gasteiger partial charge is 0.573 e. The Morgan fingerprint density at radius 3 is 2.22 bits per heavy atom. The van der Waals surface area contributed by atoms with Gasteiger partial charge in [-0.1, -0.05) is 48.5 Å². The highest BCUT2D eigenvalue weighted by atomic mass is 19.4. The molecule has 0 bridgehead atoms. The highest BCUT2D eigenvalue weighted by Gasteiger charge is 2.31. The molecular formula is C16H15F3N2O2. The van der Waals surface area contributed by atoms with Gasteiger partial charge in [0.1, 0.15) is 5.75 Å². The standard InChI is InChI=1S/C16H15F3N2O2/c17-16(18,19)23-14-9-5-4-8-13(14)11-21-15(22)20-10-12-6-2-1-3-7-12/h1-9H,10-11H2,(H2,20,21,22). The lowest BCUT2D eigenvalue weighted by Crippen LogP contribution is -2.34. The van der Waals surface area contributed by atoms with E-state index >= 15 is 0 Å². The Balaban J connectivity index is 1.87. The molecule has 0 aliphatic rings. The molecule has 2 aromatic rings. The summed E-state index contributed by atoms with van der Waals surface area (Å²) in [6.07, 6.45) is -4.77. The highest BCUT2D eigenvalue weighted by Crippen LogP contribution is 2.25. The fraction of sp³-hybridized carbons (Fsp3) is 0.188. The number of amides is 2. The maximum Gasteiger partial charge on any atom is 0.573 e. The summed E-state index contributed by atoms with van der Waals surface area (Å²) < 4.78 is 40.8. The number of ether oxygens (including phenoxy) is 1. The number of urea groups is 1. The molecule has 0 aromatic heterocycles. The lowest BCUT2D eigenvalue weighted by molar-refractivity contribution is -0.274. The normalized spacial score (nSPS) is 10.9. The minimum atomic E-state index is -4.77. The second-order valence-corrected chi connectivity index (χ2v) is 4.68. The second-order valence-electron chi connectivity index (χ2n) is 4.68. The molecule has 4 nitrogen and oxygen atoms in total. The average Bonchev–Trinajstić information content (AvgIpc) is 2.51. The maximum absolute atomic E-state index is 12.3. The van der Waals surface area contributed by atoms with Crippen molar-refractivity contribution in [1.82, 2.24) is 10.6 Å². The molecule has 2 amide bonds. The third kappa shape index (κ3) is 5.90. The maximum atomic E-state index is 12.3. The minimum Gasteiger partial charge on any atom is -0.405 e. The van der Waals surface area contributed by atoms with Crippen LogP contribution in [0.2, 0.25) is 0 Å². The Kier molecular flexibility index (Phi) is 5.46. The minimum absolute atomic E-state index is 0.0765. The summed E-state index contributed by atoms with van der Waals surface area (Å²) in [6.45, 7) is 0.250. The SMILES string of the molecule is O=C(NCc1ccccc1)NCc1ccccc1OC(F)(F)F. The first-order valence-corrected chi connectivity index (χ1v) is 6.83. The van der Waals surface area contributed by atoms with Crippen LogP contribution in [-0.2, 0) is 13.1 Å². The molecule has 0 unspecified atom stereocenters. The van der Waals surface area contributed by atoms with E-state index < -0.39 is 12.4 Å². The molecule has 7 heteroatoms. The smallest absolute Gasteiger partial charge is 0.405 e. The van der Waals surface area contributed by atoms with Gasteiger partial charge in [0.2, 0.25) is 0 Å². The number of halogens is 3. The van der Waals surface area contributed by atoms with Gasteiger partial charge in [-0.25, -0.2) is 4.79 Å². The van der Waals surface area contributed by atoms with Gasteiger partial charge in [-0.2, -0.15) is 0 Å². The lowest BCUT2D eigenvalue weighted by atomic mass is 10.2. The first-order valence-electron chi connectivity index (χ1n) is 6.83. The van der Waals surface area contributed by atoms with E-state index in [0.717, 1.165) is 5.56 Å². The molecule has 2 N–H and O–H groups in total. The van der Waals surface area contributed by atoms with Crippen LogP contribution in [0.15, 0.2) is 54.6 Å². The fourth-order valence-electron chi connectivity index (χ4n) is 1.89. The van der Waals surface area contributed by atoms with E-state index in [2.05, 4.69) is 15.4 Å². The quantitative estimate of drug-likeness (QED) is 0.883. The van der Waals surface area contributed by atoms with Crippen LogP contribution in [0.5, 0.6) is 5.75 Å². The van der Waals surface area contributed by atoms with E-state index in [4.69, 9.17) is 0 Å². The summed E-state index contributed by atoms with van der Waals surface area (Å²) in [5.74, 6) is -0.330. The topological polar surface area (TPSA) is 50.4 Å². The summed E-state index contributed by atoms with van der Waals surface area (Å²) >= 11 is 0. The van der Waals surface area contributed by atoms with Crippen molar-refractivity contribution in [2.75, 3.05) is 0 Å². The van der Waals surface area contributed by atoms with Gasteiger partial charge in [0, 0.05) is 18.7 Å². The van der Waals surface area contributed by atoms with Crippen molar-refractivity contribution in [2.45, 2.75) is 19.5 Å². The zero-order valence-corrected chi connectivity index (χ0v) is 12.1. The summed E-state index contributed by atoms with van der Waals surface area (Å²) in [7, 11) is 0. The van der Waals surface area contributed by atoms with Crippen molar-refractivity contribution in [3.63, 3.8) is 0 Å². The van der Waals surface area contributed by atoms with Crippen LogP contribution in [0.3, 0.4) is 0 Å². The van der Waals surface area contributed by atoms with E-state index in [0.29, 0.717) is 6.54 Å². The Labute approximate surface area is 131 Å². The monoisotopic (exact) mass is 324 g/mol. The Hall–Kier alpha value is -2.70. The highest BCUT2D eigenvalue weighted by molar-refractivity contribution is 5.73. The van der Waals surface area contributed by atoms with E-state index in [-0.39, 0.29) is 17.9 Å². The molecule has 0 saturated heterocycles. The van der Waals surface area contributed by atoms with Crippen LogP contribution in [0.25, 0.3) is 0 Å². The molecule has 0 heterocycles. The molecule has 0 radical (unpaired) electrons. The first-order chi connectivity index (χ1) is 10.9. The molecular weight excluding hydrogens is 309 g/mol. The number of hydrogen-bond acceptors (Lipinski definition) is 2. The van der Waals surface area contributed by atoms with Crippen LogP contribution in [0.4, 0.5) is 18.0 Å². The molecule has 0 atom stereocenters. The summed E-state index contributed by atoms with van der Waals surface area (Å²) in [5.41, 5.74) is 1.16. The molecule has 0 fully saturated rings. The van der Waals surface area contributed by atoms with Crippen molar-refractivity contribution in [2.24, 2.45) is 0 Å². The summed E-state index contributed by atoms with van der Waals surface area (Å²) in [4.78, 5) is 11.7. The molecule has 0 spiro atoms. The van der Waals surface area contributed by atoms with E-state index in [1.165, 1.54) is 18.2 Å². The van der Waals surface area contributed by atoms with Gasteiger partial charge in [0.05, 0.1) is 0 Å². The molecule has 2 rings (SSSR count). The number of nitrogens with one attached hydrogen (secondary N) is 2. The summed E-state index contributed by atoms with van der Waals surface area (Å²) in [6, 6.07) is 14.4. The predicted octanol–water partition coefficient (Wildman–Crippen LogP) is 3.58. The molecule has 0 saturated carbocycles. The fourth-order valence-corrected chi connectivity index (χ4v) is 1.89. The second kappa shape index (κ2) is 7.53. The average molecular weight is 324 g/mol. The molecule has 0 aliphatic carbocycles. The van der Waals surface area contributed by atoms with Crippen LogP contribution in [0.1, 0.15) is 11.1 Å². The number of benzene rings is 2. The third-order valence-corrected chi connectivity index (χ3v) is 2.93. The van der Waals surface area contributed by atoms with Gasteiger partial charge in [-0.05, 0) is 11.6 Å². The van der Waals surface area contributed by atoms with Gasteiger partial charge < -0.3 is 15.4 Å². The number of alkyl halides is 3. The van der Waals surface area contributed by atoms with Crippen molar-refractivity contribution in [3.8, 4) is 5.75 Å². The van der Waals surface area contributed by atoms with Crippen LogP contribution < -0.4 is 15.4 Å². The zero-order valence-electron chi connectivity index (χ0n) is 12.1. The summed E-state index contributed by atoms with van der Waals surface area (Å²) in [5, 5.41) is 5.12. The first kappa shape index (κ1) is 16.7. The third-order valence-electron chi connectivity index (χ3n) is 2.93. The van der Waals surface area contributed by atoms with Crippen molar-refractivity contribution >= 4 is 6.03 Å². The van der Waals surface area contributed by atoms with Gasteiger partial charge in [0.25, 0.3) is 0 Å². The predicted molar refractivity (Wildman–Crippen MR) is 78.6 cm³/mol. The van der Waals surface area contributed by atoms with Gasteiger partial charge >= 0.3 is 12.4 Å². The van der Waals surface area contributed by atoms with Crippen molar-refractivity contribution in [1.29, 1.82) is 0 Å². The van der Waals surface area contributed by atoms with Crippen molar-refractivity contribution < 1.29 is 22.7 Å². The molecule has 23 heavy (non-hydrogen) atoms. The van der Waals surface area contributed by atoms with E-state index in [1.54, 1.807) is 6.07 Å². The van der Waals surface area contributed by atoms with Gasteiger partial charge in [-0.3, -0.25) is 0 Å². The number of carbonyl (C=O) groups excluding carboxylic acids is 1. The number of rotatable bonds is 5. The Bertz CT molecular complexity index is 645. The number of hydrogen-bond donors (Lipinski definition) is 2. The van der Waals surface area contributed by atoms with Gasteiger partial charge in [-0.15, -0.1) is 13.2 Å². The Morgan fingerprint density at radius 1 is 0.913 bits per heavy atom. The molecule has 0 aliphatic heterocycles. The molecule has 2 aromatic carbocycles. The zero-order chi connectivity index (χ0) is 16.7. The van der Waals surface area contributed by atoms with Crippen LogP contribution in [-0.4, -0.2) is 12.4 Å². The number of carbonyl (C=O) groups is 1.